The summed E-state index contributed by atoms with van der Waals surface area (Å²) < 4.78 is 40.4. The highest BCUT2D eigenvalue weighted by atomic mass is 32.1. The Hall–Kier alpha value is -4.44. The van der Waals surface area contributed by atoms with Gasteiger partial charge in [-0.1, -0.05) is 42.0 Å². The number of carboxylic acid groups (broad SMARTS) is 1. The second-order valence-corrected chi connectivity index (χ2v) is 9.19. The summed E-state index contributed by atoms with van der Waals surface area (Å²) in [5.41, 5.74) is 2.32. The van der Waals surface area contributed by atoms with Gasteiger partial charge >= 0.3 is 12.1 Å². The van der Waals surface area contributed by atoms with Crippen molar-refractivity contribution in [3.63, 3.8) is 0 Å². The van der Waals surface area contributed by atoms with Gasteiger partial charge in [0.05, 0.1) is 33.8 Å². The van der Waals surface area contributed by atoms with Crippen LogP contribution in [0.15, 0.2) is 78.3 Å². The van der Waals surface area contributed by atoms with E-state index in [1.54, 1.807) is 0 Å². The molecule has 0 spiro atoms. The van der Waals surface area contributed by atoms with E-state index in [1.807, 2.05) is 36.6 Å². The number of nitrogens with one attached hydrogen (secondary N) is 1. The molecule has 0 atom stereocenters. The summed E-state index contributed by atoms with van der Waals surface area (Å²) in [7, 11) is 0. The van der Waals surface area contributed by atoms with Gasteiger partial charge in [-0.15, -0.1) is 11.3 Å². The molecule has 186 valence electrons. The van der Waals surface area contributed by atoms with Crippen molar-refractivity contribution >= 4 is 45.3 Å². The molecule has 1 aromatic heterocycles. The second-order valence-electron chi connectivity index (χ2n) is 8.33. The van der Waals surface area contributed by atoms with Gasteiger partial charge in [0, 0.05) is 22.7 Å². The van der Waals surface area contributed by atoms with Crippen LogP contribution in [0.3, 0.4) is 0 Å². The number of thiazole rings is 1. The molecule has 6 nitrogen and oxygen atoms in total. The summed E-state index contributed by atoms with van der Waals surface area (Å²) in [4.78, 5) is 30.5. The molecular weight excluding hydrogens is 503 g/mol. The highest BCUT2D eigenvalue weighted by Crippen LogP contribution is 2.44. The van der Waals surface area contributed by atoms with Crippen molar-refractivity contribution in [2.45, 2.75) is 13.1 Å². The fraction of sp³-hybridized carbons (Fsp3) is 0.0741. The Labute approximate surface area is 213 Å². The minimum absolute atomic E-state index is 0.00916. The summed E-state index contributed by atoms with van der Waals surface area (Å²) in [6, 6.07) is 16.4. The molecule has 0 bridgehead atoms. The van der Waals surface area contributed by atoms with Crippen LogP contribution in [0.2, 0.25) is 0 Å². The zero-order valence-corrected chi connectivity index (χ0v) is 20.0. The van der Waals surface area contributed by atoms with Crippen LogP contribution in [0.25, 0.3) is 16.8 Å². The first-order valence-corrected chi connectivity index (χ1v) is 11.9. The highest BCUT2D eigenvalue weighted by molar-refractivity contribution is 7.14. The number of aromatic nitrogens is 1. The van der Waals surface area contributed by atoms with Crippen LogP contribution in [0, 0.1) is 6.92 Å². The number of aromatic carboxylic acids is 1. The molecule has 5 rings (SSSR count). The smallest absolute Gasteiger partial charge is 0.416 e. The summed E-state index contributed by atoms with van der Waals surface area (Å²) in [5, 5.41) is 14.7. The standard InChI is InChI=1S/C27H18F3N3O3S/c1-15-5-7-16(8-6-15)22-14-37-26(32-22)31-13-21-20-10-9-18(27(28,29)30)12-23(20)33(24(21)34)19-4-2-3-17(11-19)25(35)36/h2-14H,1H3,(H,31,32)(H,35,36)/b21-13+. The molecule has 1 aliphatic heterocycles. The summed E-state index contributed by atoms with van der Waals surface area (Å²) in [6.07, 6.45) is -3.21. The second kappa shape index (κ2) is 9.21. The maximum Gasteiger partial charge on any atom is 0.416 e. The molecule has 4 aromatic rings. The van der Waals surface area contributed by atoms with Crippen LogP contribution < -0.4 is 10.2 Å². The van der Waals surface area contributed by atoms with Crippen molar-refractivity contribution in [2.24, 2.45) is 0 Å². The summed E-state index contributed by atoms with van der Waals surface area (Å²) >= 11 is 1.32. The van der Waals surface area contributed by atoms with Gasteiger partial charge in [-0.05, 0) is 37.3 Å². The Balaban J connectivity index is 1.53. The zero-order valence-electron chi connectivity index (χ0n) is 19.2. The lowest BCUT2D eigenvalue weighted by atomic mass is 10.1. The third kappa shape index (κ3) is 4.70. The first kappa shape index (κ1) is 24.3. The average Bonchev–Trinajstić information content (AvgIpc) is 3.44. The number of rotatable bonds is 5. The third-order valence-corrected chi connectivity index (χ3v) is 6.61. The Morgan fingerprint density at radius 3 is 2.54 bits per heavy atom. The number of anilines is 3. The van der Waals surface area contributed by atoms with E-state index in [9.17, 15) is 27.9 Å². The largest absolute Gasteiger partial charge is 0.478 e. The first-order chi connectivity index (χ1) is 17.6. The van der Waals surface area contributed by atoms with Gasteiger partial charge in [0.1, 0.15) is 0 Å². The number of hydrogen-bond donors (Lipinski definition) is 2. The van der Waals surface area contributed by atoms with Gasteiger partial charge in [0.2, 0.25) is 0 Å². The van der Waals surface area contributed by atoms with Crippen molar-refractivity contribution in [2.75, 3.05) is 10.2 Å². The summed E-state index contributed by atoms with van der Waals surface area (Å²) in [5.74, 6) is -1.82. The fourth-order valence-corrected chi connectivity index (χ4v) is 4.66. The number of amides is 1. The predicted octanol–water partition coefficient (Wildman–Crippen LogP) is 6.97. The number of carboxylic acids is 1. The van der Waals surface area contributed by atoms with E-state index in [0.29, 0.717) is 5.13 Å². The van der Waals surface area contributed by atoms with Crippen LogP contribution in [0.1, 0.15) is 27.0 Å². The number of alkyl halides is 3. The molecular formula is C27H18F3N3O3S. The molecule has 3 aromatic carbocycles. The first-order valence-electron chi connectivity index (χ1n) is 11.0. The molecule has 0 aliphatic carbocycles. The van der Waals surface area contributed by atoms with E-state index >= 15 is 0 Å². The van der Waals surface area contributed by atoms with Crippen molar-refractivity contribution in [1.82, 2.24) is 4.98 Å². The lowest BCUT2D eigenvalue weighted by Crippen LogP contribution is -2.21. The highest BCUT2D eigenvalue weighted by Gasteiger charge is 2.38. The van der Waals surface area contributed by atoms with Crippen molar-refractivity contribution in [3.8, 4) is 11.3 Å². The molecule has 0 fully saturated rings. The Morgan fingerprint density at radius 2 is 1.84 bits per heavy atom. The molecule has 0 unspecified atom stereocenters. The zero-order chi connectivity index (χ0) is 26.3. The maximum atomic E-state index is 13.5. The molecule has 2 heterocycles. The van der Waals surface area contributed by atoms with E-state index in [0.717, 1.165) is 33.9 Å². The number of nitrogens with zero attached hydrogens (tertiary/aromatic N) is 2. The molecule has 1 aliphatic rings. The van der Waals surface area contributed by atoms with Crippen LogP contribution in [0.4, 0.5) is 29.7 Å². The SMILES string of the molecule is Cc1ccc(-c2csc(N/C=C3/C(=O)N(c4cccc(C(=O)O)c4)c4cc(C(F)(F)F)ccc43)n2)cc1. The molecule has 37 heavy (non-hydrogen) atoms. The molecule has 1 amide bonds. The number of carbonyl (C=O) groups excluding carboxylic acids is 1. The van der Waals surface area contributed by atoms with Crippen LogP contribution in [-0.4, -0.2) is 22.0 Å². The van der Waals surface area contributed by atoms with E-state index in [2.05, 4.69) is 10.3 Å². The maximum absolute atomic E-state index is 13.5. The fourth-order valence-electron chi connectivity index (χ4n) is 3.97. The number of hydrogen-bond acceptors (Lipinski definition) is 5. The Bertz CT molecular complexity index is 1560. The molecule has 10 heteroatoms. The minimum atomic E-state index is -4.62. The van der Waals surface area contributed by atoms with E-state index in [-0.39, 0.29) is 28.1 Å². The van der Waals surface area contributed by atoms with Crippen molar-refractivity contribution in [1.29, 1.82) is 0 Å². The monoisotopic (exact) mass is 521 g/mol. The predicted molar refractivity (Wildman–Crippen MR) is 136 cm³/mol. The molecule has 0 saturated carbocycles. The van der Waals surface area contributed by atoms with Crippen molar-refractivity contribution < 1.29 is 27.9 Å². The number of aryl methyl sites for hydroxylation is 1. The van der Waals surface area contributed by atoms with Gasteiger partial charge < -0.3 is 10.4 Å². The van der Waals surface area contributed by atoms with E-state index in [1.165, 1.54) is 47.9 Å². The minimum Gasteiger partial charge on any atom is -0.478 e. The van der Waals surface area contributed by atoms with E-state index in [4.69, 9.17) is 0 Å². The average molecular weight is 522 g/mol. The van der Waals surface area contributed by atoms with Crippen molar-refractivity contribution in [3.05, 3.63) is 101 Å². The lowest BCUT2D eigenvalue weighted by molar-refractivity contribution is -0.137. The topological polar surface area (TPSA) is 82.5 Å². The number of fused-ring (bicyclic) bond motifs is 1. The van der Waals surface area contributed by atoms with Gasteiger partial charge in [0.15, 0.2) is 5.13 Å². The molecule has 2 N–H and O–H groups in total. The van der Waals surface area contributed by atoms with Gasteiger partial charge in [-0.2, -0.15) is 13.2 Å². The number of halogens is 3. The number of carbonyl (C=O) groups is 2. The quantitative estimate of drug-likeness (QED) is 0.277. The van der Waals surface area contributed by atoms with Crippen LogP contribution in [0.5, 0.6) is 0 Å². The van der Waals surface area contributed by atoms with Crippen LogP contribution in [-0.2, 0) is 11.0 Å². The van der Waals surface area contributed by atoms with Gasteiger partial charge in [-0.3, -0.25) is 9.69 Å². The van der Waals surface area contributed by atoms with E-state index < -0.39 is 23.6 Å². The number of benzene rings is 3. The molecule has 0 radical (unpaired) electrons. The Kier molecular flexibility index (Phi) is 6.04. The molecule has 0 saturated heterocycles. The lowest BCUT2D eigenvalue weighted by Gasteiger charge is -2.19. The normalized spacial score (nSPS) is 14.2. The van der Waals surface area contributed by atoms with Crippen LogP contribution >= 0.6 is 11.3 Å². The Morgan fingerprint density at radius 1 is 1.08 bits per heavy atom. The third-order valence-electron chi connectivity index (χ3n) is 5.83. The summed E-state index contributed by atoms with van der Waals surface area (Å²) in [6.45, 7) is 1.99. The van der Waals surface area contributed by atoms with Gasteiger partial charge in [-0.25, -0.2) is 9.78 Å². The van der Waals surface area contributed by atoms with Gasteiger partial charge in [0.25, 0.3) is 5.91 Å².